The summed E-state index contributed by atoms with van der Waals surface area (Å²) in [5, 5.41) is 7.28. The van der Waals surface area contributed by atoms with Crippen LogP contribution in [0.4, 0.5) is 4.79 Å². The van der Waals surface area contributed by atoms with E-state index in [1.165, 1.54) is 21.5 Å². The Morgan fingerprint density at radius 3 is 1.50 bits per heavy atom. The van der Waals surface area contributed by atoms with Crippen molar-refractivity contribution in [3.05, 3.63) is 60.7 Å². The van der Waals surface area contributed by atoms with Gasteiger partial charge in [-0.05, 0) is 46.5 Å². The summed E-state index contributed by atoms with van der Waals surface area (Å²) in [6.45, 7) is 3.72. The average molecular weight is 415 g/mol. The summed E-state index contributed by atoms with van der Waals surface area (Å²) >= 11 is 3.26. The summed E-state index contributed by atoms with van der Waals surface area (Å²) in [5.41, 5.74) is 4.81. The van der Waals surface area contributed by atoms with Crippen molar-refractivity contribution >= 4 is 49.4 Å². The third-order valence-corrected chi connectivity index (χ3v) is 5.86. The van der Waals surface area contributed by atoms with Gasteiger partial charge in [0.05, 0.1) is 0 Å². The monoisotopic (exact) mass is 414 g/mol. The average Bonchev–Trinajstić information content (AvgIpc) is 2.65. The molecule has 5 heteroatoms. The van der Waals surface area contributed by atoms with Crippen LogP contribution >= 0.6 is 15.9 Å². The lowest BCUT2D eigenvalue weighted by Gasteiger charge is -2.21. The Bertz CT molecular complexity index is 815. The highest BCUT2D eigenvalue weighted by molar-refractivity contribution is 9.10. The molecule has 0 saturated heterocycles. The number of rotatable bonds is 3. The van der Waals surface area contributed by atoms with Gasteiger partial charge in [0.15, 0.2) is 0 Å². The van der Waals surface area contributed by atoms with Crippen LogP contribution in [0.15, 0.2) is 60.7 Å². The molecule has 3 amide bonds. The molecule has 136 valence electrons. The van der Waals surface area contributed by atoms with Crippen LogP contribution in [-0.2, 0) is 4.79 Å². The summed E-state index contributed by atoms with van der Waals surface area (Å²) < 4.78 is -0.665. The van der Waals surface area contributed by atoms with Crippen molar-refractivity contribution in [1.29, 1.82) is 0 Å². The van der Waals surface area contributed by atoms with E-state index in [0.29, 0.717) is 12.8 Å². The number of amides is 3. The van der Waals surface area contributed by atoms with E-state index in [9.17, 15) is 9.59 Å². The first kappa shape index (κ1) is 19.9. The van der Waals surface area contributed by atoms with Crippen LogP contribution in [0.25, 0.3) is 21.5 Å². The number of urea groups is 1. The zero-order chi connectivity index (χ0) is 19.2. The van der Waals surface area contributed by atoms with Crippen LogP contribution in [0.2, 0.25) is 0 Å². The van der Waals surface area contributed by atoms with Gasteiger partial charge in [-0.2, -0.15) is 0 Å². The first-order chi connectivity index (χ1) is 12.4. The molecule has 0 fully saturated rings. The molecular weight excluding hydrogens is 392 g/mol. The number of carbonyl (C=O) groups excluding carboxylic acids is 2. The predicted octanol–water partition coefficient (Wildman–Crippen LogP) is 5.13. The molecule has 0 spiro atoms. The lowest BCUT2D eigenvalue weighted by atomic mass is 10.0. The Kier molecular flexibility index (Phi) is 6.75. The highest BCUT2D eigenvalue weighted by atomic mass is 79.9. The van der Waals surface area contributed by atoms with Crippen molar-refractivity contribution < 1.29 is 9.59 Å². The maximum absolute atomic E-state index is 11.3. The van der Waals surface area contributed by atoms with Crippen molar-refractivity contribution in [3.63, 3.8) is 0 Å². The van der Waals surface area contributed by atoms with Crippen molar-refractivity contribution in [2.24, 2.45) is 5.73 Å². The molecule has 26 heavy (non-hydrogen) atoms. The van der Waals surface area contributed by atoms with Gasteiger partial charge in [0.25, 0.3) is 0 Å². The van der Waals surface area contributed by atoms with Crippen LogP contribution in [0.5, 0.6) is 0 Å². The fourth-order valence-electron chi connectivity index (χ4n) is 2.68. The standard InChI is InChI=1S/C14H10.C7H13BrN2O2/c1-2-6-12-10-14-8-4-3-7-13(14)9-11(12)5-1;1-3-7(8,4-2)5(11)10-6(9)12/h1-10H;3-4H2,1-2H3,(H3,9,10,11,12). The van der Waals surface area contributed by atoms with E-state index >= 15 is 0 Å². The third-order valence-electron chi connectivity index (χ3n) is 4.38. The van der Waals surface area contributed by atoms with Crippen molar-refractivity contribution in [3.8, 4) is 0 Å². The van der Waals surface area contributed by atoms with E-state index in [4.69, 9.17) is 5.73 Å². The molecule has 0 bridgehead atoms. The molecule has 0 aliphatic rings. The smallest absolute Gasteiger partial charge is 0.318 e. The predicted molar refractivity (Wildman–Crippen MR) is 111 cm³/mol. The number of benzene rings is 3. The SMILES string of the molecule is CCC(Br)(CC)C(=O)NC(N)=O.c1ccc2cc3ccccc3cc2c1. The minimum atomic E-state index is -0.814. The zero-order valence-corrected chi connectivity index (χ0v) is 16.5. The molecule has 3 N–H and O–H groups in total. The van der Waals surface area contributed by atoms with Gasteiger partial charge in [-0.3, -0.25) is 10.1 Å². The largest absolute Gasteiger partial charge is 0.351 e. The minimum absolute atomic E-state index is 0.375. The fourth-order valence-corrected chi connectivity index (χ4v) is 2.78. The molecule has 0 saturated carbocycles. The fraction of sp³-hybridized carbons (Fsp3) is 0.238. The van der Waals surface area contributed by atoms with Crippen molar-refractivity contribution in [2.75, 3.05) is 0 Å². The molecule has 0 aliphatic carbocycles. The van der Waals surface area contributed by atoms with E-state index in [2.05, 4.69) is 76.6 Å². The van der Waals surface area contributed by atoms with Gasteiger partial charge >= 0.3 is 6.03 Å². The Hall–Kier alpha value is -2.40. The summed E-state index contributed by atoms with van der Waals surface area (Å²) in [7, 11) is 0. The van der Waals surface area contributed by atoms with Gasteiger partial charge in [-0.25, -0.2) is 4.79 Å². The van der Waals surface area contributed by atoms with Gasteiger partial charge in [0.1, 0.15) is 4.32 Å². The molecular formula is C21H23BrN2O2. The molecule has 0 atom stereocenters. The molecule has 4 nitrogen and oxygen atoms in total. The van der Waals surface area contributed by atoms with E-state index in [-0.39, 0.29) is 5.91 Å². The maximum atomic E-state index is 11.3. The van der Waals surface area contributed by atoms with E-state index < -0.39 is 10.4 Å². The van der Waals surface area contributed by atoms with Crippen LogP contribution in [0.1, 0.15) is 26.7 Å². The lowest BCUT2D eigenvalue weighted by Crippen LogP contribution is -2.46. The summed E-state index contributed by atoms with van der Waals surface area (Å²) in [5.74, 6) is -0.375. The molecule has 0 aromatic heterocycles. The maximum Gasteiger partial charge on any atom is 0.318 e. The second-order valence-corrected chi connectivity index (χ2v) is 7.56. The quantitative estimate of drug-likeness (QED) is 0.460. The molecule has 0 radical (unpaired) electrons. The van der Waals surface area contributed by atoms with Crippen molar-refractivity contribution in [2.45, 2.75) is 31.0 Å². The highest BCUT2D eigenvalue weighted by Gasteiger charge is 2.32. The van der Waals surface area contributed by atoms with Gasteiger partial charge in [-0.15, -0.1) is 0 Å². The number of imide groups is 1. The number of carbonyl (C=O) groups is 2. The van der Waals surface area contributed by atoms with Crippen molar-refractivity contribution in [1.82, 2.24) is 5.32 Å². The number of hydrogen-bond acceptors (Lipinski definition) is 2. The van der Waals surface area contributed by atoms with Gasteiger partial charge in [-0.1, -0.05) is 78.3 Å². The number of hydrogen-bond donors (Lipinski definition) is 2. The van der Waals surface area contributed by atoms with Crippen LogP contribution in [-0.4, -0.2) is 16.3 Å². The first-order valence-corrected chi connectivity index (χ1v) is 9.36. The van der Waals surface area contributed by atoms with E-state index in [1.807, 2.05) is 19.2 Å². The number of primary amides is 1. The van der Waals surface area contributed by atoms with E-state index in [0.717, 1.165) is 0 Å². The highest BCUT2D eigenvalue weighted by Crippen LogP contribution is 2.26. The Labute approximate surface area is 161 Å². The van der Waals surface area contributed by atoms with Gasteiger partial charge < -0.3 is 5.73 Å². The second kappa shape index (κ2) is 8.81. The number of alkyl halides is 1. The zero-order valence-electron chi connectivity index (χ0n) is 15.0. The normalized spacial score (nSPS) is 10.9. The number of nitrogens with two attached hydrogens (primary N) is 1. The van der Waals surface area contributed by atoms with Crippen LogP contribution in [0.3, 0.4) is 0 Å². The molecule has 3 aromatic rings. The Morgan fingerprint density at radius 1 is 0.885 bits per heavy atom. The van der Waals surface area contributed by atoms with Crippen LogP contribution in [0, 0.1) is 0 Å². The lowest BCUT2D eigenvalue weighted by molar-refractivity contribution is -0.122. The molecule has 0 aliphatic heterocycles. The van der Waals surface area contributed by atoms with Crippen LogP contribution < -0.4 is 11.1 Å². The van der Waals surface area contributed by atoms with Gasteiger partial charge in [0, 0.05) is 0 Å². The first-order valence-electron chi connectivity index (χ1n) is 8.57. The van der Waals surface area contributed by atoms with E-state index in [1.54, 1.807) is 0 Å². The molecule has 3 aromatic carbocycles. The van der Waals surface area contributed by atoms with Gasteiger partial charge in [0.2, 0.25) is 5.91 Å². The molecule has 0 heterocycles. The number of nitrogens with one attached hydrogen (secondary N) is 1. The minimum Gasteiger partial charge on any atom is -0.351 e. The number of halogens is 1. The summed E-state index contributed by atoms with van der Waals surface area (Å²) in [6.07, 6.45) is 1.23. The molecule has 3 rings (SSSR count). The third kappa shape index (κ3) is 4.82. The Morgan fingerprint density at radius 2 is 1.23 bits per heavy atom. The summed E-state index contributed by atoms with van der Waals surface area (Å²) in [6, 6.07) is 20.6. The topological polar surface area (TPSA) is 72.2 Å². The molecule has 0 unspecified atom stereocenters. The number of fused-ring (bicyclic) bond motifs is 2. The Balaban J connectivity index is 0.000000191. The summed E-state index contributed by atoms with van der Waals surface area (Å²) in [4.78, 5) is 21.6. The second-order valence-electron chi connectivity index (χ2n) is 6.04.